The minimum Gasteiger partial charge on any atom is -0.511 e. The average molecular weight is 757 g/mol. The van der Waals surface area contributed by atoms with Crippen molar-refractivity contribution in [1.82, 2.24) is 9.89 Å². The molecule has 1 aliphatic heterocycles. The summed E-state index contributed by atoms with van der Waals surface area (Å²) in [6, 6.07) is 32.2. The van der Waals surface area contributed by atoms with Crippen molar-refractivity contribution in [1.29, 1.82) is 0 Å². The second-order valence-corrected chi connectivity index (χ2v) is 14.8. The van der Waals surface area contributed by atoms with Crippen molar-refractivity contribution in [2.45, 2.75) is 53.0 Å². The molecule has 3 unspecified atom stereocenters. The number of fused-ring (bicyclic) bond motifs is 1. The van der Waals surface area contributed by atoms with Gasteiger partial charge >= 0.3 is 12.1 Å². The number of Topliss-reactive ketones (excluding diaryl/α,β-unsaturated/α-hetero) is 1. The molecule has 0 bridgehead atoms. The van der Waals surface area contributed by atoms with Crippen LogP contribution in [0.5, 0.6) is 5.75 Å². The number of anilines is 2. The quantitative estimate of drug-likeness (QED) is 0.0504. The molecule has 1 aliphatic carbocycles. The highest BCUT2D eigenvalue weighted by molar-refractivity contribution is 6.30. The van der Waals surface area contributed by atoms with Crippen LogP contribution in [0.3, 0.4) is 0 Å². The van der Waals surface area contributed by atoms with Gasteiger partial charge in [-0.05, 0) is 75.1 Å². The number of rotatable bonds is 16. The summed E-state index contributed by atoms with van der Waals surface area (Å²) < 4.78 is 17.9. The Labute approximate surface area is 328 Å². The number of amides is 1. The topological polar surface area (TPSA) is 117 Å². The van der Waals surface area contributed by atoms with Crippen LogP contribution >= 0.6 is 0 Å². The van der Waals surface area contributed by atoms with Gasteiger partial charge in [0.2, 0.25) is 11.4 Å². The predicted octanol–water partition coefficient (Wildman–Crippen LogP) is 8.96. The maximum absolute atomic E-state index is 13.9. The highest BCUT2D eigenvalue weighted by Crippen LogP contribution is 2.48. The predicted molar refractivity (Wildman–Crippen MR) is 220 cm³/mol. The number of benzene rings is 4. The van der Waals surface area contributed by atoms with Crippen molar-refractivity contribution in [3.8, 4) is 5.75 Å². The van der Waals surface area contributed by atoms with Gasteiger partial charge in [0.15, 0.2) is 12.0 Å². The van der Waals surface area contributed by atoms with Crippen molar-refractivity contribution in [2.24, 2.45) is 11.8 Å². The number of ether oxygens (including phenoxy) is 3. The molecule has 1 heterocycles. The minimum atomic E-state index is -0.683. The lowest BCUT2D eigenvalue weighted by Crippen LogP contribution is -2.35. The summed E-state index contributed by atoms with van der Waals surface area (Å²) >= 11 is 0. The Kier molecular flexibility index (Phi) is 12.4. The van der Waals surface area contributed by atoms with E-state index in [0.717, 1.165) is 34.7 Å². The van der Waals surface area contributed by atoms with Crippen molar-refractivity contribution < 1.29 is 33.7 Å². The summed E-state index contributed by atoms with van der Waals surface area (Å²) in [5, 5.41) is 14.0. The van der Waals surface area contributed by atoms with E-state index in [1.54, 1.807) is 6.92 Å². The molecule has 0 saturated carbocycles. The minimum absolute atomic E-state index is 0.0146. The molecular formula is C46H50N3O7+. The lowest BCUT2D eigenvalue weighted by atomic mass is 9.70. The first-order valence-corrected chi connectivity index (χ1v) is 19.1. The van der Waals surface area contributed by atoms with Crippen molar-refractivity contribution in [3.63, 3.8) is 0 Å². The fourth-order valence-electron chi connectivity index (χ4n) is 7.32. The second-order valence-electron chi connectivity index (χ2n) is 14.8. The number of aliphatic hydroxyl groups excluding tert-OH is 1. The van der Waals surface area contributed by atoms with E-state index in [0.29, 0.717) is 22.8 Å². The van der Waals surface area contributed by atoms with Crippen LogP contribution in [-0.2, 0) is 19.1 Å². The van der Waals surface area contributed by atoms with E-state index in [2.05, 4.69) is 68.8 Å². The Morgan fingerprint density at radius 2 is 1.54 bits per heavy atom. The monoisotopic (exact) mass is 756 g/mol. The Bertz CT molecular complexity index is 2140. The van der Waals surface area contributed by atoms with Crippen LogP contribution in [-0.4, -0.2) is 61.6 Å². The van der Waals surface area contributed by atoms with E-state index in [9.17, 15) is 19.5 Å². The molecule has 1 amide bonds. The molecule has 2 aliphatic rings. The van der Waals surface area contributed by atoms with Gasteiger partial charge in [-0.15, -0.1) is 0 Å². The van der Waals surface area contributed by atoms with Gasteiger partial charge in [0.05, 0.1) is 24.0 Å². The van der Waals surface area contributed by atoms with Gasteiger partial charge in [-0.25, -0.2) is 9.59 Å². The number of allylic oxidation sites excluding steroid dienone is 2. The molecule has 290 valence electrons. The number of nitrogens with one attached hydrogen (secondary N) is 1. The van der Waals surface area contributed by atoms with Gasteiger partial charge < -0.3 is 29.5 Å². The molecular weight excluding hydrogens is 707 g/mol. The fraction of sp³-hybridized carbons (Fsp3) is 0.304. The van der Waals surface area contributed by atoms with Crippen LogP contribution in [0.15, 0.2) is 115 Å². The summed E-state index contributed by atoms with van der Waals surface area (Å²) in [7, 11) is 0. The lowest BCUT2D eigenvalue weighted by molar-refractivity contribution is -0.138. The van der Waals surface area contributed by atoms with Crippen LogP contribution in [0.25, 0.3) is 5.57 Å². The molecule has 0 fully saturated rings. The van der Waals surface area contributed by atoms with E-state index >= 15 is 0 Å². The molecule has 10 nitrogen and oxygen atoms in total. The van der Waals surface area contributed by atoms with Gasteiger partial charge in [-0.1, -0.05) is 68.5 Å². The number of aliphatic hydroxyl groups is 1. The number of para-hydroxylation sites is 1. The summed E-state index contributed by atoms with van der Waals surface area (Å²) in [4.78, 5) is 39.5. The molecule has 6 rings (SSSR count). The molecule has 0 saturated heterocycles. The average Bonchev–Trinajstić information content (AvgIpc) is 3.55. The summed E-state index contributed by atoms with van der Waals surface area (Å²) in [6.45, 7) is 14.1. The van der Waals surface area contributed by atoms with Crippen LogP contribution in [0.1, 0.15) is 56.7 Å². The number of esters is 1. The number of aryl methyl sites for hydroxylation is 1. The van der Waals surface area contributed by atoms with Crippen LogP contribution in [0.2, 0.25) is 0 Å². The molecule has 56 heavy (non-hydrogen) atoms. The normalized spacial score (nSPS) is 16.4. The van der Waals surface area contributed by atoms with Crippen molar-refractivity contribution >= 4 is 52.4 Å². The number of hydrogen-bond donors (Lipinski definition) is 2. The van der Waals surface area contributed by atoms with Crippen molar-refractivity contribution in [2.75, 3.05) is 31.3 Å². The van der Waals surface area contributed by atoms with Crippen LogP contribution in [0.4, 0.5) is 27.5 Å². The number of nitrogens with zero attached hydrogens (tertiary/aromatic N) is 2. The zero-order valence-electron chi connectivity index (χ0n) is 32.7. The van der Waals surface area contributed by atoms with Gasteiger partial charge in [0.1, 0.15) is 31.3 Å². The first-order chi connectivity index (χ1) is 26.9. The van der Waals surface area contributed by atoms with Gasteiger partial charge in [0.25, 0.3) is 0 Å². The molecule has 4 aromatic rings. The maximum atomic E-state index is 13.9. The largest absolute Gasteiger partial charge is 0.511 e. The maximum Gasteiger partial charge on any atom is 0.407 e. The highest BCUT2D eigenvalue weighted by Gasteiger charge is 2.50. The van der Waals surface area contributed by atoms with E-state index in [1.165, 1.54) is 5.56 Å². The highest BCUT2D eigenvalue weighted by atomic mass is 16.6. The zero-order valence-corrected chi connectivity index (χ0v) is 32.7. The van der Waals surface area contributed by atoms with E-state index in [1.807, 2.05) is 83.6 Å². The number of hydrogen-bond acceptors (Lipinski definition) is 8. The molecule has 4 aromatic carbocycles. The first kappa shape index (κ1) is 39.5. The molecule has 0 spiro atoms. The van der Waals surface area contributed by atoms with Gasteiger partial charge in [0, 0.05) is 46.8 Å². The smallest absolute Gasteiger partial charge is 0.407 e. The molecule has 10 heteroatoms. The lowest BCUT2D eigenvalue weighted by Gasteiger charge is -2.33. The third-order valence-corrected chi connectivity index (χ3v) is 9.96. The molecule has 0 aromatic heterocycles. The van der Waals surface area contributed by atoms with Crippen molar-refractivity contribution in [3.05, 3.63) is 132 Å². The zero-order chi connectivity index (χ0) is 39.9. The van der Waals surface area contributed by atoms with Gasteiger partial charge in [-0.2, -0.15) is 4.58 Å². The number of carbonyl (C=O) groups excluding carboxylic acids is 3. The van der Waals surface area contributed by atoms with Gasteiger partial charge in [-0.3, -0.25) is 4.79 Å². The number of ketones is 1. The fourth-order valence-corrected chi connectivity index (χ4v) is 7.32. The van der Waals surface area contributed by atoms with E-state index in [-0.39, 0.29) is 55.4 Å². The summed E-state index contributed by atoms with van der Waals surface area (Å²) in [6.07, 6.45) is 2.38. The Morgan fingerprint density at radius 3 is 2.18 bits per heavy atom. The SMILES string of the molecule is C=C(C)C(=O)OCCNC(=O)OCCOc1ccc([N+]2=CC(C3C(=O)C(c4ccc(N(c5ccc(C)cc5)C(C)CC(C)C)cc4)=C3O)c3ccccc32)cc1. The summed E-state index contributed by atoms with van der Waals surface area (Å²) in [5.41, 5.74) is 7.49. The first-order valence-electron chi connectivity index (χ1n) is 19.1. The van der Waals surface area contributed by atoms with E-state index in [4.69, 9.17) is 14.2 Å². The number of alkyl carbamates (subject to hydrolysis) is 1. The standard InChI is InChI=1S/C46H49N3O7/c1-29(2)27-32(6)49(35-15-11-31(5)12-16-35)36-17-13-33(14-18-36)41-43(50)42(44(41)51)39-28-48(40-10-8-7-9-38(39)40)34-19-21-37(22-20-34)54-25-26-56-46(53)47-23-24-55-45(52)30(3)4/h7-22,28-29,32,39,42H,3,23-27H2,1-2,4-6H3,(H-,47,50,51,53)/p+1. The third-order valence-electron chi connectivity index (χ3n) is 9.96. The number of carbonyl (C=O) groups is 3. The Hall–Kier alpha value is -6.16. The van der Waals surface area contributed by atoms with Crippen LogP contribution in [0, 0.1) is 18.8 Å². The van der Waals surface area contributed by atoms with E-state index < -0.39 is 18.0 Å². The molecule has 0 radical (unpaired) electrons. The molecule has 2 N–H and O–H groups in total. The third kappa shape index (κ3) is 8.86. The van der Waals surface area contributed by atoms with Crippen LogP contribution < -0.4 is 19.5 Å². The second kappa shape index (κ2) is 17.5. The Morgan fingerprint density at radius 1 is 0.875 bits per heavy atom. The Balaban J connectivity index is 1.10. The summed E-state index contributed by atoms with van der Waals surface area (Å²) in [5.74, 6) is -0.390. The molecule has 3 atom stereocenters.